The highest BCUT2D eigenvalue weighted by atomic mass is 35.5. The second-order valence-electron chi connectivity index (χ2n) is 5.93. The van der Waals surface area contributed by atoms with Gasteiger partial charge in [-0.25, -0.2) is 4.79 Å². The van der Waals surface area contributed by atoms with Crippen LogP contribution in [-0.2, 0) is 16.0 Å². The van der Waals surface area contributed by atoms with Gasteiger partial charge in [0.25, 0.3) is 0 Å². The van der Waals surface area contributed by atoms with E-state index in [1.165, 1.54) is 11.1 Å². The van der Waals surface area contributed by atoms with Crippen LogP contribution in [-0.4, -0.2) is 41.3 Å². The largest absolute Gasteiger partial charge is 0.480 e. The monoisotopic (exact) mass is 295 g/mol. The van der Waals surface area contributed by atoms with Crippen molar-refractivity contribution in [2.75, 3.05) is 19.7 Å². The molecule has 1 N–H and O–H groups in total. The van der Waals surface area contributed by atoms with Gasteiger partial charge in [0.05, 0.1) is 5.60 Å². The van der Waals surface area contributed by atoms with Gasteiger partial charge in [0.1, 0.15) is 6.61 Å². The lowest BCUT2D eigenvalue weighted by Gasteiger charge is -2.50. The van der Waals surface area contributed by atoms with Crippen LogP contribution < -0.4 is 0 Å². The number of rotatable bonds is 4. The molecule has 1 fully saturated rings. The van der Waals surface area contributed by atoms with E-state index in [1.807, 2.05) is 13.0 Å². The van der Waals surface area contributed by atoms with Crippen molar-refractivity contribution in [1.82, 2.24) is 4.90 Å². The number of aryl methyl sites for hydroxylation is 1. The van der Waals surface area contributed by atoms with Crippen molar-refractivity contribution in [3.8, 4) is 0 Å². The SMILES string of the molecule is CC1(OCC(=O)O)CN(C2CCc3cc(Cl)ccc32)C1. The molecule has 1 aliphatic carbocycles. The smallest absolute Gasteiger partial charge is 0.329 e. The second kappa shape index (κ2) is 5.02. The zero-order valence-corrected chi connectivity index (χ0v) is 12.2. The van der Waals surface area contributed by atoms with Crippen molar-refractivity contribution in [2.24, 2.45) is 0 Å². The second-order valence-corrected chi connectivity index (χ2v) is 6.37. The standard InChI is InChI=1S/C15H18ClNO3/c1-15(20-7-14(18)19)8-17(9-15)13-5-2-10-6-11(16)3-4-12(10)13/h3-4,6,13H,2,5,7-9H2,1H3,(H,18,19). The minimum atomic E-state index is -0.912. The summed E-state index contributed by atoms with van der Waals surface area (Å²) < 4.78 is 5.46. The van der Waals surface area contributed by atoms with Crippen molar-refractivity contribution in [1.29, 1.82) is 0 Å². The Labute approximate surface area is 123 Å². The van der Waals surface area contributed by atoms with E-state index in [2.05, 4.69) is 17.0 Å². The molecule has 0 bridgehead atoms. The fourth-order valence-corrected chi connectivity index (χ4v) is 3.50. The summed E-state index contributed by atoms with van der Waals surface area (Å²) in [6.07, 6.45) is 2.16. The predicted octanol–water partition coefficient (Wildman–Crippen LogP) is 2.50. The van der Waals surface area contributed by atoms with Gasteiger partial charge >= 0.3 is 5.97 Å². The molecule has 3 rings (SSSR count). The van der Waals surface area contributed by atoms with Crippen molar-refractivity contribution < 1.29 is 14.6 Å². The van der Waals surface area contributed by atoms with Crippen molar-refractivity contribution in [2.45, 2.75) is 31.4 Å². The summed E-state index contributed by atoms with van der Waals surface area (Å²) in [6, 6.07) is 6.53. The number of nitrogens with zero attached hydrogens (tertiary/aromatic N) is 1. The molecular weight excluding hydrogens is 278 g/mol. The molecule has 1 atom stereocenters. The summed E-state index contributed by atoms with van der Waals surface area (Å²) in [5, 5.41) is 9.47. The van der Waals surface area contributed by atoms with Crippen LogP contribution in [0.3, 0.4) is 0 Å². The number of aliphatic carboxylic acids is 1. The topological polar surface area (TPSA) is 49.8 Å². The van der Waals surface area contributed by atoms with Gasteiger partial charge in [-0.15, -0.1) is 0 Å². The molecule has 4 nitrogen and oxygen atoms in total. The Hall–Kier alpha value is -1.10. The first-order chi connectivity index (χ1) is 9.47. The third kappa shape index (κ3) is 2.55. The van der Waals surface area contributed by atoms with Crippen LogP contribution in [0.2, 0.25) is 5.02 Å². The molecule has 108 valence electrons. The average Bonchev–Trinajstić information content (AvgIpc) is 2.75. The Morgan fingerprint density at radius 1 is 1.55 bits per heavy atom. The molecule has 5 heteroatoms. The van der Waals surface area contributed by atoms with E-state index >= 15 is 0 Å². The number of carboxylic acids is 1. The molecule has 20 heavy (non-hydrogen) atoms. The van der Waals surface area contributed by atoms with Gasteiger partial charge in [0.2, 0.25) is 0 Å². The number of likely N-dealkylation sites (tertiary alicyclic amines) is 1. The van der Waals surface area contributed by atoms with E-state index in [-0.39, 0.29) is 12.2 Å². The molecule has 2 aliphatic rings. The van der Waals surface area contributed by atoms with Crippen LogP contribution >= 0.6 is 11.6 Å². The molecule has 1 aliphatic heterocycles. The Morgan fingerprint density at radius 3 is 3.00 bits per heavy atom. The average molecular weight is 296 g/mol. The van der Waals surface area contributed by atoms with E-state index in [0.717, 1.165) is 31.0 Å². The lowest BCUT2D eigenvalue weighted by atomic mass is 9.92. The van der Waals surface area contributed by atoms with Gasteiger partial charge < -0.3 is 9.84 Å². The summed E-state index contributed by atoms with van der Waals surface area (Å²) in [5.41, 5.74) is 2.37. The maximum atomic E-state index is 10.6. The van der Waals surface area contributed by atoms with Gasteiger partial charge in [-0.3, -0.25) is 4.90 Å². The molecule has 1 saturated heterocycles. The van der Waals surface area contributed by atoms with Crippen molar-refractivity contribution in [3.05, 3.63) is 34.3 Å². The molecule has 0 saturated carbocycles. The van der Waals surface area contributed by atoms with Crippen molar-refractivity contribution in [3.63, 3.8) is 0 Å². The first kappa shape index (κ1) is 13.9. The molecule has 0 amide bonds. The summed E-state index contributed by atoms with van der Waals surface area (Å²) in [6.45, 7) is 3.32. The summed E-state index contributed by atoms with van der Waals surface area (Å²) in [7, 11) is 0. The summed E-state index contributed by atoms with van der Waals surface area (Å²) in [5.74, 6) is -0.912. The van der Waals surface area contributed by atoms with Gasteiger partial charge in [-0.1, -0.05) is 17.7 Å². The highest BCUT2D eigenvalue weighted by molar-refractivity contribution is 6.30. The van der Waals surface area contributed by atoms with E-state index in [1.54, 1.807) is 0 Å². The molecular formula is C15H18ClNO3. The van der Waals surface area contributed by atoms with Crippen LogP contribution in [0.5, 0.6) is 0 Å². The maximum absolute atomic E-state index is 10.6. The summed E-state index contributed by atoms with van der Waals surface area (Å²) in [4.78, 5) is 12.9. The molecule has 0 aromatic heterocycles. The first-order valence-corrected chi connectivity index (χ1v) is 7.23. The number of hydrogen-bond acceptors (Lipinski definition) is 3. The zero-order chi connectivity index (χ0) is 14.3. The molecule has 1 heterocycles. The van der Waals surface area contributed by atoms with E-state index < -0.39 is 5.97 Å². The molecule has 0 radical (unpaired) electrons. The van der Waals surface area contributed by atoms with Crippen LogP contribution in [0, 0.1) is 0 Å². The number of carboxylic acid groups (broad SMARTS) is 1. The fourth-order valence-electron chi connectivity index (χ4n) is 3.30. The Balaban J connectivity index is 1.63. The third-order valence-electron chi connectivity index (χ3n) is 4.21. The highest BCUT2D eigenvalue weighted by Crippen LogP contribution is 2.41. The van der Waals surface area contributed by atoms with Crippen molar-refractivity contribution >= 4 is 17.6 Å². The minimum Gasteiger partial charge on any atom is -0.480 e. The quantitative estimate of drug-likeness (QED) is 0.927. The number of benzene rings is 1. The van der Waals surface area contributed by atoms with E-state index in [0.29, 0.717) is 6.04 Å². The maximum Gasteiger partial charge on any atom is 0.329 e. The summed E-state index contributed by atoms with van der Waals surface area (Å²) >= 11 is 6.03. The fraction of sp³-hybridized carbons (Fsp3) is 0.533. The number of fused-ring (bicyclic) bond motifs is 1. The van der Waals surface area contributed by atoms with Gasteiger partial charge in [-0.2, -0.15) is 0 Å². The van der Waals surface area contributed by atoms with Gasteiger partial charge in [0, 0.05) is 24.2 Å². The molecule has 1 aromatic rings. The van der Waals surface area contributed by atoms with Gasteiger partial charge in [-0.05, 0) is 43.0 Å². The Kier molecular flexibility index (Phi) is 3.48. The Morgan fingerprint density at radius 2 is 2.30 bits per heavy atom. The molecule has 1 aromatic carbocycles. The number of halogens is 1. The number of hydrogen-bond donors (Lipinski definition) is 1. The molecule has 1 unspecified atom stereocenters. The predicted molar refractivity (Wildman–Crippen MR) is 76.1 cm³/mol. The zero-order valence-electron chi connectivity index (χ0n) is 11.4. The normalized spacial score (nSPS) is 24.2. The van der Waals surface area contributed by atoms with Gasteiger partial charge in [0.15, 0.2) is 0 Å². The number of ether oxygens (including phenoxy) is 1. The van der Waals surface area contributed by atoms with E-state index in [9.17, 15) is 4.79 Å². The Bertz CT molecular complexity index is 540. The van der Waals surface area contributed by atoms with Crippen LogP contribution in [0.25, 0.3) is 0 Å². The number of carbonyl (C=O) groups is 1. The van der Waals surface area contributed by atoms with Crippen LogP contribution in [0.4, 0.5) is 0 Å². The van der Waals surface area contributed by atoms with E-state index in [4.69, 9.17) is 21.4 Å². The minimum absolute atomic E-state index is 0.221. The first-order valence-electron chi connectivity index (χ1n) is 6.85. The van der Waals surface area contributed by atoms with Crippen LogP contribution in [0.15, 0.2) is 18.2 Å². The lowest BCUT2D eigenvalue weighted by molar-refractivity contribution is -0.169. The highest BCUT2D eigenvalue weighted by Gasteiger charge is 2.44. The molecule has 0 spiro atoms. The lowest BCUT2D eigenvalue weighted by Crippen LogP contribution is -2.62. The third-order valence-corrected chi connectivity index (χ3v) is 4.45. The van der Waals surface area contributed by atoms with Crippen LogP contribution in [0.1, 0.15) is 30.5 Å².